The predicted molar refractivity (Wildman–Crippen MR) is 227 cm³/mol. The number of anilines is 6. The molecule has 0 unspecified atom stereocenters. The standard InChI is InChI=1S/C50H55BN2/c1-31-14-16-41-43(18-31)52(39-12-10-9-11-13-39)45-26-38(50-28-33-20-34(29-50)22-35(21-33)30-50)27-46-47(45)51(41)42-17-15-32(2)19-44(42)53(46)40-24-36(48(3,4)5)23-37(25-40)49(6,7)8/h9-19,23-27,33-35H,20-22,28-30H2,1-8H3. The average Bonchev–Trinajstić information content (AvgIpc) is 3.10. The molecule has 4 saturated carbocycles. The van der Waals surface area contributed by atoms with Crippen LogP contribution in [-0.4, -0.2) is 6.71 Å². The molecule has 5 aromatic carbocycles. The minimum absolute atomic E-state index is 0.0190. The molecule has 11 rings (SSSR count). The molecule has 0 atom stereocenters. The molecule has 0 radical (unpaired) electrons. The highest BCUT2D eigenvalue weighted by atomic mass is 15.2. The van der Waals surface area contributed by atoms with Crippen molar-refractivity contribution in [1.29, 1.82) is 0 Å². The Labute approximate surface area is 318 Å². The van der Waals surface area contributed by atoms with Gasteiger partial charge in [0.1, 0.15) is 0 Å². The van der Waals surface area contributed by atoms with Crippen LogP contribution in [0.3, 0.4) is 0 Å². The van der Waals surface area contributed by atoms with E-state index < -0.39 is 0 Å². The molecule has 3 heteroatoms. The molecule has 0 spiro atoms. The van der Waals surface area contributed by atoms with Gasteiger partial charge in [-0.2, -0.15) is 0 Å². The SMILES string of the molecule is Cc1ccc2c(c1)N(c1ccccc1)c1cc(C34CC5CC(CC(C5)C3)C4)cc3c1B2c1ccc(C)cc1N3c1cc(C(C)(C)C)cc(C(C)(C)C)c1. The van der Waals surface area contributed by atoms with Crippen LogP contribution >= 0.6 is 0 Å². The molecular weight excluding hydrogens is 639 g/mol. The van der Waals surface area contributed by atoms with Crippen molar-refractivity contribution in [3.05, 3.63) is 125 Å². The van der Waals surface area contributed by atoms with Crippen molar-refractivity contribution < 1.29 is 0 Å². The maximum atomic E-state index is 2.72. The van der Waals surface area contributed by atoms with Crippen molar-refractivity contribution >= 4 is 57.2 Å². The second-order valence-corrected chi connectivity index (χ2v) is 20.0. The number of aryl methyl sites for hydroxylation is 2. The first-order chi connectivity index (χ1) is 25.3. The molecular formula is C50H55BN2. The van der Waals surface area contributed by atoms with Crippen molar-refractivity contribution in [2.24, 2.45) is 17.8 Å². The second kappa shape index (κ2) is 11.4. The van der Waals surface area contributed by atoms with Gasteiger partial charge in [-0.1, -0.05) is 90.1 Å². The molecule has 0 amide bonds. The van der Waals surface area contributed by atoms with Crippen LogP contribution in [0.25, 0.3) is 0 Å². The smallest absolute Gasteiger partial charge is 0.252 e. The van der Waals surface area contributed by atoms with Gasteiger partial charge in [0.2, 0.25) is 0 Å². The van der Waals surface area contributed by atoms with E-state index in [0.29, 0.717) is 0 Å². The number of fused-ring (bicyclic) bond motifs is 4. The number of nitrogens with zero attached hydrogens (tertiary/aromatic N) is 2. The second-order valence-electron chi connectivity index (χ2n) is 20.0. The van der Waals surface area contributed by atoms with E-state index in [4.69, 9.17) is 0 Å². The number of para-hydroxylation sites is 1. The molecule has 2 nitrogen and oxygen atoms in total. The average molecular weight is 695 g/mol. The summed E-state index contributed by atoms with van der Waals surface area (Å²) >= 11 is 0. The van der Waals surface area contributed by atoms with E-state index in [1.807, 2.05) is 0 Å². The quantitative estimate of drug-likeness (QED) is 0.170. The van der Waals surface area contributed by atoms with Crippen LogP contribution in [-0.2, 0) is 16.2 Å². The molecule has 5 aromatic rings. The Kier molecular flexibility index (Phi) is 7.17. The molecule has 268 valence electrons. The van der Waals surface area contributed by atoms with Crippen molar-refractivity contribution in [2.45, 2.75) is 110 Å². The fourth-order valence-corrected chi connectivity index (χ4v) is 11.7. The van der Waals surface area contributed by atoms with E-state index in [-0.39, 0.29) is 23.0 Å². The van der Waals surface area contributed by atoms with Gasteiger partial charge in [0.05, 0.1) is 0 Å². The van der Waals surface area contributed by atoms with Crippen LogP contribution < -0.4 is 26.2 Å². The highest BCUT2D eigenvalue weighted by Gasteiger charge is 2.53. The zero-order valence-corrected chi connectivity index (χ0v) is 33.2. The van der Waals surface area contributed by atoms with E-state index in [1.54, 1.807) is 5.56 Å². The topological polar surface area (TPSA) is 6.48 Å². The summed E-state index contributed by atoms with van der Waals surface area (Å²) in [5.41, 5.74) is 19.5. The third-order valence-corrected chi connectivity index (χ3v) is 14.0. The van der Waals surface area contributed by atoms with E-state index in [0.717, 1.165) is 17.8 Å². The summed E-state index contributed by atoms with van der Waals surface area (Å²) in [5, 5.41) is 0. The highest BCUT2D eigenvalue weighted by Crippen LogP contribution is 2.62. The van der Waals surface area contributed by atoms with Crippen molar-refractivity contribution in [3.63, 3.8) is 0 Å². The molecule has 0 aromatic heterocycles. The summed E-state index contributed by atoms with van der Waals surface area (Å²) in [7, 11) is 0. The van der Waals surface area contributed by atoms with E-state index in [9.17, 15) is 0 Å². The summed E-state index contributed by atoms with van der Waals surface area (Å²) in [4.78, 5) is 5.33. The first-order valence-electron chi connectivity index (χ1n) is 20.5. The first kappa shape index (κ1) is 33.3. The van der Waals surface area contributed by atoms with Gasteiger partial charge < -0.3 is 9.80 Å². The Hall–Kier alpha value is -4.24. The molecule has 4 aliphatic carbocycles. The van der Waals surface area contributed by atoms with Crippen LogP contribution in [0.15, 0.2) is 97.1 Å². The van der Waals surface area contributed by atoms with E-state index in [2.05, 4.69) is 162 Å². The van der Waals surface area contributed by atoms with Crippen molar-refractivity contribution in [2.75, 3.05) is 9.80 Å². The Balaban J connectivity index is 1.32. The van der Waals surface area contributed by atoms with Gasteiger partial charge in [-0.3, -0.25) is 0 Å². The molecule has 4 fully saturated rings. The largest absolute Gasteiger partial charge is 0.311 e. The lowest BCUT2D eigenvalue weighted by Gasteiger charge is -2.57. The van der Waals surface area contributed by atoms with Crippen molar-refractivity contribution in [1.82, 2.24) is 0 Å². The van der Waals surface area contributed by atoms with Gasteiger partial charge in [0.15, 0.2) is 0 Å². The molecule has 6 aliphatic rings. The zero-order valence-electron chi connectivity index (χ0n) is 33.2. The number of benzene rings is 5. The zero-order chi connectivity index (χ0) is 36.6. The summed E-state index contributed by atoms with van der Waals surface area (Å²) in [6.07, 6.45) is 8.42. The Morgan fingerprint density at radius 2 is 1.00 bits per heavy atom. The number of hydrogen-bond donors (Lipinski definition) is 0. The van der Waals surface area contributed by atoms with E-state index in [1.165, 1.54) is 111 Å². The first-order valence-corrected chi connectivity index (χ1v) is 20.5. The van der Waals surface area contributed by atoms with Gasteiger partial charge in [0, 0.05) is 34.1 Å². The van der Waals surface area contributed by atoms with Gasteiger partial charge >= 0.3 is 0 Å². The molecule has 0 saturated heterocycles. The number of hydrogen-bond acceptors (Lipinski definition) is 2. The molecule has 4 bridgehead atoms. The van der Waals surface area contributed by atoms with E-state index >= 15 is 0 Å². The van der Waals surface area contributed by atoms with Gasteiger partial charge in [-0.25, -0.2) is 0 Å². The van der Waals surface area contributed by atoms with Crippen molar-refractivity contribution in [3.8, 4) is 0 Å². The minimum atomic E-state index is 0.0190. The summed E-state index contributed by atoms with van der Waals surface area (Å²) in [6.45, 7) is 18.9. The summed E-state index contributed by atoms with van der Waals surface area (Å²) < 4.78 is 0. The Morgan fingerprint density at radius 3 is 1.47 bits per heavy atom. The minimum Gasteiger partial charge on any atom is -0.311 e. The normalized spacial score (nSPS) is 23.9. The van der Waals surface area contributed by atoms with Gasteiger partial charge in [-0.05, 0) is 179 Å². The lowest BCUT2D eigenvalue weighted by Crippen LogP contribution is -2.61. The third kappa shape index (κ3) is 5.20. The van der Waals surface area contributed by atoms with Gasteiger partial charge in [0.25, 0.3) is 6.71 Å². The fourth-order valence-electron chi connectivity index (χ4n) is 11.7. The fraction of sp³-hybridized carbons (Fsp3) is 0.400. The number of rotatable bonds is 3. The van der Waals surface area contributed by atoms with Crippen LogP contribution in [0.5, 0.6) is 0 Å². The summed E-state index contributed by atoms with van der Waals surface area (Å²) in [6, 6.07) is 38.6. The Morgan fingerprint density at radius 1 is 0.528 bits per heavy atom. The monoisotopic (exact) mass is 694 g/mol. The summed E-state index contributed by atoms with van der Waals surface area (Å²) in [5.74, 6) is 2.65. The lowest BCUT2D eigenvalue weighted by atomic mass is 9.33. The maximum absolute atomic E-state index is 2.72. The molecule has 2 heterocycles. The molecule has 0 N–H and O–H groups in total. The van der Waals surface area contributed by atoms with Crippen LogP contribution in [0.4, 0.5) is 34.1 Å². The van der Waals surface area contributed by atoms with Gasteiger partial charge in [-0.15, -0.1) is 0 Å². The molecule has 53 heavy (non-hydrogen) atoms. The van der Waals surface area contributed by atoms with Crippen LogP contribution in [0.2, 0.25) is 0 Å². The Bertz CT molecular complexity index is 2220. The van der Waals surface area contributed by atoms with Crippen LogP contribution in [0, 0.1) is 31.6 Å². The molecule has 2 aliphatic heterocycles. The lowest BCUT2D eigenvalue weighted by molar-refractivity contribution is -0.00514. The van der Waals surface area contributed by atoms with Crippen LogP contribution in [0.1, 0.15) is 108 Å². The maximum Gasteiger partial charge on any atom is 0.252 e. The highest BCUT2D eigenvalue weighted by molar-refractivity contribution is 7.00. The third-order valence-electron chi connectivity index (χ3n) is 14.0. The predicted octanol–water partition coefficient (Wildman–Crippen LogP) is 11.4.